The third kappa shape index (κ3) is 2.66. The Kier molecular flexibility index (Phi) is 3.93. The van der Waals surface area contributed by atoms with E-state index in [1.165, 1.54) is 6.07 Å². The summed E-state index contributed by atoms with van der Waals surface area (Å²) in [7, 11) is 1.00. The highest BCUT2D eigenvalue weighted by Gasteiger charge is 2.23. The van der Waals surface area contributed by atoms with Crippen LogP contribution in [0.15, 0.2) is 12.1 Å². The van der Waals surface area contributed by atoms with Crippen LogP contribution in [0, 0.1) is 17.1 Å². The third-order valence-corrected chi connectivity index (χ3v) is 1.83. The molecule has 0 amide bonds. The Labute approximate surface area is 94.2 Å². The molecule has 0 aliphatic carbocycles. The first kappa shape index (κ1) is 12.8. The largest absolute Gasteiger partial charge is 0.465 e. The van der Waals surface area contributed by atoms with E-state index in [1.54, 1.807) is 0 Å². The van der Waals surface area contributed by atoms with Gasteiger partial charge in [0.1, 0.15) is 11.6 Å². The maximum atomic E-state index is 13.5. The normalized spacial score (nSPS) is 9.88. The number of nitriles is 1. The molecule has 4 nitrogen and oxygen atoms in total. The van der Waals surface area contributed by atoms with Crippen molar-refractivity contribution in [2.45, 2.75) is 6.61 Å². The molecule has 0 unspecified atom stereocenters. The maximum absolute atomic E-state index is 13.5. The maximum Gasteiger partial charge on any atom is 0.387 e. The zero-order valence-electron chi connectivity index (χ0n) is 8.54. The average molecular weight is 245 g/mol. The summed E-state index contributed by atoms with van der Waals surface area (Å²) in [6, 6.07) is 3.39. The van der Waals surface area contributed by atoms with Crippen molar-refractivity contribution in [3.05, 3.63) is 29.1 Å². The van der Waals surface area contributed by atoms with Gasteiger partial charge in [0.2, 0.25) is 0 Å². The van der Waals surface area contributed by atoms with Crippen LogP contribution in [0.1, 0.15) is 15.9 Å². The Bertz CT molecular complexity index is 482. The van der Waals surface area contributed by atoms with Gasteiger partial charge in [-0.1, -0.05) is 0 Å². The first-order valence-corrected chi connectivity index (χ1v) is 4.27. The highest BCUT2D eigenvalue weighted by Crippen LogP contribution is 2.27. The first-order valence-electron chi connectivity index (χ1n) is 4.27. The van der Waals surface area contributed by atoms with Gasteiger partial charge < -0.3 is 9.47 Å². The number of methoxy groups -OCH3 is 1. The number of alkyl halides is 2. The molecule has 17 heavy (non-hydrogen) atoms. The van der Waals surface area contributed by atoms with E-state index < -0.39 is 35.3 Å². The molecule has 0 saturated carbocycles. The summed E-state index contributed by atoms with van der Waals surface area (Å²) >= 11 is 0. The van der Waals surface area contributed by atoms with Crippen LogP contribution in [0.4, 0.5) is 13.2 Å². The molecule has 0 aliphatic heterocycles. The molecule has 90 valence electrons. The Morgan fingerprint density at radius 2 is 2.12 bits per heavy atom. The van der Waals surface area contributed by atoms with E-state index in [0.29, 0.717) is 0 Å². The number of hydrogen-bond acceptors (Lipinski definition) is 4. The molecule has 1 aromatic carbocycles. The van der Waals surface area contributed by atoms with Gasteiger partial charge in [-0.2, -0.15) is 14.0 Å². The van der Waals surface area contributed by atoms with E-state index in [9.17, 15) is 18.0 Å². The number of nitrogens with zero attached hydrogens (tertiary/aromatic N) is 1. The highest BCUT2D eigenvalue weighted by atomic mass is 19.3. The van der Waals surface area contributed by atoms with Crippen LogP contribution in [0.2, 0.25) is 0 Å². The van der Waals surface area contributed by atoms with Crippen molar-refractivity contribution in [1.82, 2.24) is 0 Å². The van der Waals surface area contributed by atoms with Gasteiger partial charge in [-0.05, 0) is 12.1 Å². The quantitative estimate of drug-likeness (QED) is 0.765. The van der Waals surface area contributed by atoms with Crippen molar-refractivity contribution >= 4 is 5.97 Å². The molecule has 0 radical (unpaired) electrons. The fourth-order valence-corrected chi connectivity index (χ4v) is 1.12. The van der Waals surface area contributed by atoms with Gasteiger partial charge >= 0.3 is 12.6 Å². The molecular weight excluding hydrogens is 239 g/mol. The van der Waals surface area contributed by atoms with Crippen LogP contribution in [0.3, 0.4) is 0 Å². The number of carbonyl (C=O) groups excluding carboxylic acids is 1. The molecule has 0 fully saturated rings. The Balaban J connectivity index is 3.36. The van der Waals surface area contributed by atoms with Gasteiger partial charge in [-0.15, -0.1) is 0 Å². The van der Waals surface area contributed by atoms with Crippen molar-refractivity contribution in [2.75, 3.05) is 7.11 Å². The lowest BCUT2D eigenvalue weighted by Crippen LogP contribution is -2.11. The van der Waals surface area contributed by atoms with Crippen molar-refractivity contribution in [3.63, 3.8) is 0 Å². The third-order valence-electron chi connectivity index (χ3n) is 1.83. The summed E-state index contributed by atoms with van der Waals surface area (Å²) in [6.07, 6.45) is 0. The predicted octanol–water partition coefficient (Wildman–Crippen LogP) is 2.09. The van der Waals surface area contributed by atoms with Gasteiger partial charge in [-0.3, -0.25) is 0 Å². The van der Waals surface area contributed by atoms with E-state index in [4.69, 9.17) is 5.26 Å². The van der Waals surface area contributed by atoms with E-state index in [-0.39, 0.29) is 0 Å². The lowest BCUT2D eigenvalue weighted by molar-refractivity contribution is -0.0528. The number of halogens is 3. The fraction of sp³-hybridized carbons (Fsp3) is 0.200. The molecule has 1 rings (SSSR count). The minimum Gasteiger partial charge on any atom is -0.465 e. The lowest BCUT2D eigenvalue weighted by Gasteiger charge is -2.10. The molecule has 7 heteroatoms. The summed E-state index contributed by atoms with van der Waals surface area (Å²) < 4.78 is 45.8. The van der Waals surface area contributed by atoms with E-state index in [2.05, 4.69) is 9.47 Å². The number of esters is 1. The lowest BCUT2D eigenvalue weighted by atomic mass is 10.1. The highest BCUT2D eigenvalue weighted by molar-refractivity contribution is 5.92. The molecule has 0 heterocycles. The van der Waals surface area contributed by atoms with Gasteiger partial charge in [-0.25, -0.2) is 9.18 Å². The number of ether oxygens (including phenoxy) is 2. The van der Waals surface area contributed by atoms with Crippen LogP contribution >= 0.6 is 0 Å². The van der Waals surface area contributed by atoms with E-state index in [0.717, 1.165) is 19.2 Å². The Hall–Kier alpha value is -2.23. The minimum absolute atomic E-state index is 0.506. The van der Waals surface area contributed by atoms with Crippen LogP contribution in [-0.2, 0) is 4.74 Å². The van der Waals surface area contributed by atoms with Crippen LogP contribution in [0.5, 0.6) is 5.75 Å². The second-order valence-corrected chi connectivity index (χ2v) is 2.79. The topological polar surface area (TPSA) is 59.3 Å². The summed E-state index contributed by atoms with van der Waals surface area (Å²) in [6.45, 7) is -3.32. The summed E-state index contributed by atoms with van der Waals surface area (Å²) in [5, 5.41) is 8.51. The first-order chi connectivity index (χ1) is 8.01. The second kappa shape index (κ2) is 5.21. The van der Waals surface area contributed by atoms with Crippen molar-refractivity contribution in [2.24, 2.45) is 0 Å². The Morgan fingerprint density at radius 1 is 1.47 bits per heavy atom. The van der Waals surface area contributed by atoms with Crippen LogP contribution in [-0.4, -0.2) is 19.7 Å². The van der Waals surface area contributed by atoms with Crippen molar-refractivity contribution in [3.8, 4) is 11.8 Å². The zero-order valence-corrected chi connectivity index (χ0v) is 8.54. The minimum atomic E-state index is -3.32. The van der Waals surface area contributed by atoms with Gasteiger partial charge in [0.15, 0.2) is 11.6 Å². The smallest absolute Gasteiger partial charge is 0.387 e. The number of hydrogen-bond donors (Lipinski definition) is 0. The van der Waals surface area contributed by atoms with E-state index in [1.807, 2.05) is 0 Å². The number of benzene rings is 1. The molecule has 0 saturated heterocycles. The standard InChI is InChI=1S/C10H6F3NO3/c1-16-9(15)6-3-2-5(4-14)7(11)8(6)17-10(12)13/h2-3,10H,1H3. The van der Waals surface area contributed by atoms with Crippen molar-refractivity contribution < 1.29 is 27.4 Å². The van der Waals surface area contributed by atoms with Gasteiger partial charge in [0, 0.05) is 0 Å². The number of rotatable bonds is 3. The molecule has 0 atom stereocenters. The molecule has 0 spiro atoms. The zero-order chi connectivity index (χ0) is 13.0. The van der Waals surface area contributed by atoms with Gasteiger partial charge in [0.25, 0.3) is 0 Å². The average Bonchev–Trinajstić information content (AvgIpc) is 2.30. The molecule has 0 N–H and O–H groups in total. The molecule has 0 bridgehead atoms. The summed E-state index contributed by atoms with van der Waals surface area (Å²) in [5.74, 6) is -3.36. The fourth-order valence-electron chi connectivity index (χ4n) is 1.12. The molecule has 0 aliphatic rings. The molecule has 0 aromatic heterocycles. The summed E-state index contributed by atoms with van der Waals surface area (Å²) in [5.41, 5.74) is -1.02. The molecular formula is C10H6F3NO3. The SMILES string of the molecule is COC(=O)c1ccc(C#N)c(F)c1OC(F)F. The number of carbonyl (C=O) groups is 1. The van der Waals surface area contributed by atoms with Crippen LogP contribution < -0.4 is 4.74 Å². The monoisotopic (exact) mass is 245 g/mol. The van der Waals surface area contributed by atoms with Gasteiger partial charge in [0.05, 0.1) is 12.7 Å². The predicted molar refractivity (Wildman–Crippen MR) is 49.1 cm³/mol. The summed E-state index contributed by atoms with van der Waals surface area (Å²) in [4.78, 5) is 11.2. The van der Waals surface area contributed by atoms with E-state index >= 15 is 0 Å². The second-order valence-electron chi connectivity index (χ2n) is 2.79. The van der Waals surface area contributed by atoms with Crippen molar-refractivity contribution in [1.29, 1.82) is 5.26 Å². The van der Waals surface area contributed by atoms with Crippen LogP contribution in [0.25, 0.3) is 0 Å². The molecule has 1 aromatic rings. The Morgan fingerprint density at radius 3 is 2.59 bits per heavy atom.